The Morgan fingerprint density at radius 2 is 2.32 bits per heavy atom. The fourth-order valence-corrected chi connectivity index (χ4v) is 2.54. The second-order valence-corrected chi connectivity index (χ2v) is 4.91. The lowest BCUT2D eigenvalue weighted by atomic mass is 10.0. The van der Waals surface area contributed by atoms with E-state index in [9.17, 15) is 4.79 Å². The Balaban J connectivity index is 1.77. The number of carbonyl (C=O) groups excluding carboxylic acids is 1. The number of amides is 1. The lowest BCUT2D eigenvalue weighted by Gasteiger charge is -2.23. The predicted octanol–water partition coefficient (Wildman–Crippen LogP) is 2.33. The topological polar surface area (TPSA) is 50.4 Å². The smallest absolute Gasteiger partial charge is 0.255 e. The van der Waals surface area contributed by atoms with Gasteiger partial charge in [0.15, 0.2) is 5.75 Å². The van der Waals surface area contributed by atoms with E-state index in [1.807, 2.05) is 18.2 Å². The lowest BCUT2D eigenvalue weighted by molar-refractivity contribution is 0.0930. The summed E-state index contributed by atoms with van der Waals surface area (Å²) in [7, 11) is 0. The van der Waals surface area contributed by atoms with Crippen molar-refractivity contribution in [1.82, 2.24) is 5.32 Å². The molecule has 0 saturated heterocycles. The standard InChI is InChI=1S/C15H18N2O2/c18-15(17-11-5-2-1-3-6-11)12-7-4-8-13-14(12)19-10-9-16-13/h1-2,4,7-8,11,16H,3,5-6,9-10H2,(H,17,18). The minimum atomic E-state index is -0.0409. The molecular formula is C15H18N2O2. The summed E-state index contributed by atoms with van der Waals surface area (Å²) in [6, 6.07) is 5.88. The molecular weight excluding hydrogens is 240 g/mol. The summed E-state index contributed by atoms with van der Waals surface area (Å²) in [4.78, 5) is 12.3. The number of hydrogen-bond donors (Lipinski definition) is 2. The van der Waals surface area contributed by atoms with E-state index < -0.39 is 0 Å². The van der Waals surface area contributed by atoms with Crippen LogP contribution in [0.1, 0.15) is 29.6 Å². The molecule has 3 rings (SSSR count). The second-order valence-electron chi connectivity index (χ2n) is 4.91. The highest BCUT2D eigenvalue weighted by molar-refractivity contribution is 5.99. The van der Waals surface area contributed by atoms with Crippen molar-refractivity contribution < 1.29 is 9.53 Å². The third-order valence-corrected chi connectivity index (χ3v) is 3.53. The summed E-state index contributed by atoms with van der Waals surface area (Å²) >= 11 is 0. The molecule has 2 N–H and O–H groups in total. The van der Waals surface area contributed by atoms with Crippen molar-refractivity contribution in [3.05, 3.63) is 35.9 Å². The molecule has 100 valence electrons. The SMILES string of the molecule is O=C(NC1CC=CCC1)c1cccc2c1OCCN2. The molecule has 0 spiro atoms. The number of rotatable bonds is 2. The third-order valence-electron chi connectivity index (χ3n) is 3.53. The van der Waals surface area contributed by atoms with Gasteiger partial charge < -0.3 is 15.4 Å². The molecule has 0 bridgehead atoms. The molecule has 1 amide bonds. The Kier molecular flexibility index (Phi) is 3.40. The summed E-state index contributed by atoms with van der Waals surface area (Å²) in [6.07, 6.45) is 7.26. The Hall–Kier alpha value is -1.97. The molecule has 0 saturated carbocycles. The molecule has 0 radical (unpaired) electrons. The zero-order chi connectivity index (χ0) is 13.1. The van der Waals surface area contributed by atoms with Crippen molar-refractivity contribution in [3.8, 4) is 5.75 Å². The number of ether oxygens (including phenoxy) is 1. The number of benzene rings is 1. The van der Waals surface area contributed by atoms with Crippen molar-refractivity contribution in [3.63, 3.8) is 0 Å². The molecule has 1 heterocycles. The van der Waals surface area contributed by atoms with E-state index in [1.54, 1.807) is 0 Å². The summed E-state index contributed by atoms with van der Waals surface area (Å²) < 4.78 is 5.63. The van der Waals surface area contributed by atoms with Gasteiger partial charge in [0.05, 0.1) is 11.3 Å². The lowest BCUT2D eigenvalue weighted by Crippen LogP contribution is -2.35. The van der Waals surface area contributed by atoms with E-state index in [1.165, 1.54) is 0 Å². The summed E-state index contributed by atoms with van der Waals surface area (Å²) in [5.74, 6) is 0.637. The third kappa shape index (κ3) is 2.57. The van der Waals surface area contributed by atoms with Gasteiger partial charge in [-0.1, -0.05) is 18.2 Å². The van der Waals surface area contributed by atoms with Crippen LogP contribution in [0.25, 0.3) is 0 Å². The van der Waals surface area contributed by atoms with E-state index in [-0.39, 0.29) is 11.9 Å². The van der Waals surface area contributed by atoms with Crippen LogP contribution in [0.15, 0.2) is 30.4 Å². The van der Waals surface area contributed by atoms with E-state index in [0.717, 1.165) is 31.5 Å². The van der Waals surface area contributed by atoms with Gasteiger partial charge in [0.25, 0.3) is 5.91 Å². The minimum absolute atomic E-state index is 0.0409. The van der Waals surface area contributed by atoms with E-state index in [4.69, 9.17) is 4.74 Å². The van der Waals surface area contributed by atoms with Crippen molar-refractivity contribution in [2.24, 2.45) is 0 Å². The van der Waals surface area contributed by atoms with E-state index in [0.29, 0.717) is 17.9 Å². The maximum absolute atomic E-state index is 12.3. The molecule has 2 aliphatic rings. The molecule has 19 heavy (non-hydrogen) atoms. The van der Waals surface area contributed by atoms with Crippen LogP contribution in [0, 0.1) is 0 Å². The first-order valence-electron chi connectivity index (χ1n) is 6.80. The Labute approximate surface area is 112 Å². The number of allylic oxidation sites excluding steroid dienone is 1. The number of nitrogens with one attached hydrogen (secondary N) is 2. The monoisotopic (exact) mass is 258 g/mol. The number of hydrogen-bond acceptors (Lipinski definition) is 3. The average molecular weight is 258 g/mol. The highest BCUT2D eigenvalue weighted by atomic mass is 16.5. The second kappa shape index (κ2) is 5.34. The number of fused-ring (bicyclic) bond motifs is 1. The molecule has 0 fully saturated rings. The van der Waals surface area contributed by atoms with Crippen molar-refractivity contribution in [2.45, 2.75) is 25.3 Å². The molecule has 4 heteroatoms. The van der Waals surface area contributed by atoms with Gasteiger partial charge in [-0.05, 0) is 31.4 Å². The number of anilines is 1. The minimum Gasteiger partial charge on any atom is -0.489 e. The van der Waals surface area contributed by atoms with Crippen LogP contribution in [0.3, 0.4) is 0 Å². The zero-order valence-electron chi connectivity index (χ0n) is 10.8. The van der Waals surface area contributed by atoms with Gasteiger partial charge in [0, 0.05) is 12.6 Å². The van der Waals surface area contributed by atoms with Gasteiger partial charge in [-0.3, -0.25) is 4.79 Å². The van der Waals surface area contributed by atoms with Crippen LogP contribution in [0.2, 0.25) is 0 Å². The molecule has 1 aromatic carbocycles. The molecule has 4 nitrogen and oxygen atoms in total. The van der Waals surface area contributed by atoms with Crippen LogP contribution in [-0.4, -0.2) is 25.1 Å². The van der Waals surface area contributed by atoms with Crippen LogP contribution in [0.5, 0.6) is 5.75 Å². The van der Waals surface area contributed by atoms with Crippen molar-refractivity contribution in [1.29, 1.82) is 0 Å². The van der Waals surface area contributed by atoms with Gasteiger partial charge >= 0.3 is 0 Å². The molecule has 1 aliphatic carbocycles. The average Bonchev–Trinajstić information content (AvgIpc) is 2.47. The van der Waals surface area contributed by atoms with Gasteiger partial charge in [-0.2, -0.15) is 0 Å². The fraction of sp³-hybridized carbons (Fsp3) is 0.400. The summed E-state index contributed by atoms with van der Waals surface area (Å²) in [5.41, 5.74) is 1.53. The maximum Gasteiger partial charge on any atom is 0.255 e. The highest BCUT2D eigenvalue weighted by Crippen LogP contribution is 2.31. The Morgan fingerprint density at radius 3 is 3.16 bits per heavy atom. The van der Waals surface area contributed by atoms with Crippen LogP contribution >= 0.6 is 0 Å². The largest absolute Gasteiger partial charge is 0.489 e. The first-order chi connectivity index (χ1) is 9.34. The molecule has 1 aromatic rings. The van der Waals surface area contributed by atoms with E-state index in [2.05, 4.69) is 22.8 Å². The predicted molar refractivity (Wildman–Crippen MR) is 74.7 cm³/mol. The number of para-hydroxylation sites is 1. The van der Waals surface area contributed by atoms with Crippen molar-refractivity contribution in [2.75, 3.05) is 18.5 Å². The van der Waals surface area contributed by atoms with Gasteiger partial charge in [0.2, 0.25) is 0 Å². The van der Waals surface area contributed by atoms with Gasteiger partial charge in [0.1, 0.15) is 6.61 Å². The van der Waals surface area contributed by atoms with E-state index >= 15 is 0 Å². The van der Waals surface area contributed by atoms with Crippen LogP contribution < -0.4 is 15.4 Å². The van der Waals surface area contributed by atoms with Gasteiger partial charge in [-0.15, -0.1) is 0 Å². The summed E-state index contributed by atoms with van der Waals surface area (Å²) in [5, 5.41) is 6.33. The zero-order valence-corrected chi connectivity index (χ0v) is 10.8. The van der Waals surface area contributed by atoms with Gasteiger partial charge in [-0.25, -0.2) is 0 Å². The van der Waals surface area contributed by atoms with Crippen molar-refractivity contribution >= 4 is 11.6 Å². The first-order valence-corrected chi connectivity index (χ1v) is 6.80. The normalized spacial score (nSPS) is 20.9. The Morgan fingerprint density at radius 1 is 1.37 bits per heavy atom. The molecule has 1 aliphatic heterocycles. The maximum atomic E-state index is 12.3. The summed E-state index contributed by atoms with van der Waals surface area (Å²) in [6.45, 7) is 1.38. The first kappa shape index (κ1) is 12.1. The number of carbonyl (C=O) groups is 1. The molecule has 1 atom stereocenters. The molecule has 1 unspecified atom stereocenters. The van der Waals surface area contributed by atoms with Crippen LogP contribution in [0.4, 0.5) is 5.69 Å². The Bertz CT molecular complexity index is 511. The molecule has 0 aromatic heterocycles. The fourth-order valence-electron chi connectivity index (χ4n) is 2.54. The van der Waals surface area contributed by atoms with Crippen LogP contribution in [-0.2, 0) is 0 Å². The quantitative estimate of drug-likeness (QED) is 0.800. The highest BCUT2D eigenvalue weighted by Gasteiger charge is 2.21.